The van der Waals surface area contributed by atoms with Gasteiger partial charge in [0.15, 0.2) is 0 Å². The standard InChI is InChI=1S/C22H29B8N7O2/c1-36-10-31-9-15(36)11-2-3-13-8-33-18(34-14(13)6-11)35-17(38)12-4-5-32-16(7-12)37-19(23,24)21(27,28)39-22(29,30)20(37,25)26/h2-10H,23-30H2,1H3,(H,33,34,35,38). The largest absolute Gasteiger partial charge is 0.402 e. The van der Waals surface area contributed by atoms with Gasteiger partial charge in [-0.3, -0.25) is 10.1 Å². The average Bonchev–Trinajstić information content (AvgIpc) is 3.28. The Labute approximate surface area is 236 Å². The minimum atomic E-state index is -0.473. The summed E-state index contributed by atoms with van der Waals surface area (Å²) in [7, 11) is 19.0. The van der Waals surface area contributed by atoms with Gasteiger partial charge in [0.25, 0.3) is 5.91 Å². The molecule has 17 heteroatoms. The number of carbonyl (C=O) groups excluding carboxylic acids is 1. The number of hydrogen-bond acceptors (Lipinski definition) is 7. The molecule has 1 amide bonds. The molecule has 1 aliphatic heterocycles. The molecule has 1 fully saturated rings. The fourth-order valence-electron chi connectivity index (χ4n) is 5.43. The highest BCUT2D eigenvalue weighted by Gasteiger charge is 2.58. The maximum atomic E-state index is 13.4. The van der Waals surface area contributed by atoms with Crippen LogP contribution in [0.5, 0.6) is 0 Å². The molecule has 0 radical (unpaired) electrons. The van der Waals surface area contributed by atoms with E-state index in [1.807, 2.05) is 42.1 Å². The van der Waals surface area contributed by atoms with Crippen LogP contribution in [0.15, 0.2) is 55.2 Å². The lowest BCUT2D eigenvalue weighted by molar-refractivity contribution is -0.0256. The first-order chi connectivity index (χ1) is 18.1. The number of ether oxygens (including phenoxy) is 1. The van der Waals surface area contributed by atoms with Gasteiger partial charge in [-0.1, -0.05) is 12.1 Å². The molecule has 5 rings (SSSR count). The number of aromatic nitrogens is 5. The van der Waals surface area contributed by atoms with Crippen LogP contribution in [0.25, 0.3) is 22.2 Å². The number of hydrogen-bond donors (Lipinski definition) is 1. The Morgan fingerprint density at radius 3 is 2.26 bits per heavy atom. The van der Waals surface area contributed by atoms with Gasteiger partial charge in [0.1, 0.15) is 68.6 Å². The molecule has 0 bridgehead atoms. The minimum absolute atomic E-state index is 0.238. The predicted molar refractivity (Wildman–Crippen MR) is 177 cm³/mol. The molecule has 1 N–H and O–H groups in total. The van der Waals surface area contributed by atoms with E-state index >= 15 is 0 Å². The number of anilines is 2. The molecule has 39 heavy (non-hydrogen) atoms. The van der Waals surface area contributed by atoms with Gasteiger partial charge in [0.05, 0.1) is 23.7 Å². The number of pyridine rings is 1. The van der Waals surface area contributed by atoms with Crippen molar-refractivity contribution >= 4 is 91.3 Å². The van der Waals surface area contributed by atoms with E-state index in [0.717, 1.165) is 22.2 Å². The summed E-state index contributed by atoms with van der Waals surface area (Å²) < 4.78 is 8.55. The van der Waals surface area contributed by atoms with E-state index in [1.54, 1.807) is 24.8 Å². The second-order valence-electron chi connectivity index (χ2n) is 12.3. The summed E-state index contributed by atoms with van der Waals surface area (Å²) in [5, 5.41) is 1.97. The summed E-state index contributed by atoms with van der Waals surface area (Å²) in [6.45, 7) is 0. The average molecular weight is 510 g/mol. The summed E-state index contributed by atoms with van der Waals surface area (Å²) >= 11 is 0. The fourth-order valence-corrected chi connectivity index (χ4v) is 5.43. The second-order valence-corrected chi connectivity index (χ2v) is 12.3. The summed E-state index contributed by atoms with van der Waals surface area (Å²) in [5.41, 5.74) is 3.17. The van der Waals surface area contributed by atoms with Crippen molar-refractivity contribution in [2.75, 3.05) is 10.2 Å². The highest BCUT2D eigenvalue weighted by atomic mass is 16.5. The Morgan fingerprint density at radius 1 is 0.923 bits per heavy atom. The lowest BCUT2D eigenvalue weighted by Crippen LogP contribution is -2.86. The van der Waals surface area contributed by atoms with E-state index in [2.05, 4.69) is 87.9 Å². The van der Waals surface area contributed by atoms with Crippen LogP contribution in [0.1, 0.15) is 10.4 Å². The van der Waals surface area contributed by atoms with Gasteiger partial charge in [-0.25, -0.2) is 19.9 Å². The number of imidazole rings is 1. The van der Waals surface area contributed by atoms with Crippen molar-refractivity contribution < 1.29 is 9.53 Å². The van der Waals surface area contributed by atoms with E-state index < -0.39 is 21.5 Å². The Kier molecular flexibility index (Phi) is 6.37. The molecule has 0 spiro atoms. The normalized spacial score (nSPS) is 18.9. The Balaban J connectivity index is 1.46. The molecule has 1 aliphatic rings. The smallest absolute Gasteiger partial charge is 0.258 e. The number of morpholine rings is 1. The van der Waals surface area contributed by atoms with Crippen LogP contribution in [0, 0.1) is 0 Å². The Morgan fingerprint density at radius 2 is 1.62 bits per heavy atom. The van der Waals surface area contributed by atoms with Gasteiger partial charge in [0.2, 0.25) is 5.95 Å². The fraction of sp³-hybridized carbons (Fsp3) is 0.227. The number of carbonyl (C=O) groups is 1. The van der Waals surface area contributed by atoms with Crippen molar-refractivity contribution in [2.24, 2.45) is 7.05 Å². The van der Waals surface area contributed by atoms with Crippen LogP contribution in [-0.2, 0) is 11.8 Å². The molecule has 9 nitrogen and oxygen atoms in total. The first-order valence-electron chi connectivity index (χ1n) is 13.2. The molecule has 1 aromatic carbocycles. The van der Waals surface area contributed by atoms with E-state index in [4.69, 9.17) is 9.72 Å². The summed E-state index contributed by atoms with van der Waals surface area (Å²) in [6.07, 6.45) is 6.96. The van der Waals surface area contributed by atoms with Gasteiger partial charge in [-0.05, 0) is 28.9 Å². The number of benzene rings is 1. The Hall–Kier alpha value is -3.33. The summed E-state index contributed by atoms with van der Waals surface area (Å²) in [6, 6.07) is 9.49. The topological polar surface area (TPSA) is 98.1 Å². The molecular weight excluding hydrogens is 481 g/mol. The second kappa shape index (κ2) is 9.11. The minimum Gasteiger partial charge on any atom is -0.402 e. The third-order valence-corrected chi connectivity index (χ3v) is 8.73. The molecular formula is C22H29B8N7O2. The van der Waals surface area contributed by atoms with Gasteiger partial charge >= 0.3 is 0 Å². The van der Waals surface area contributed by atoms with Crippen molar-refractivity contribution in [1.82, 2.24) is 24.5 Å². The van der Waals surface area contributed by atoms with Crippen molar-refractivity contribution in [3.63, 3.8) is 0 Å². The van der Waals surface area contributed by atoms with Gasteiger partial charge in [0, 0.05) is 46.8 Å². The van der Waals surface area contributed by atoms with Gasteiger partial charge < -0.3 is 14.2 Å². The number of aryl methyl sites for hydroxylation is 1. The van der Waals surface area contributed by atoms with Crippen molar-refractivity contribution in [1.29, 1.82) is 0 Å². The number of nitrogens with zero attached hydrogens (tertiary/aromatic N) is 6. The third kappa shape index (κ3) is 4.50. The summed E-state index contributed by atoms with van der Waals surface area (Å²) in [5.74, 6) is 0.646. The molecule has 4 heterocycles. The van der Waals surface area contributed by atoms with Crippen LogP contribution in [0.2, 0.25) is 0 Å². The van der Waals surface area contributed by atoms with E-state index in [0.29, 0.717) is 11.4 Å². The van der Waals surface area contributed by atoms with Crippen LogP contribution in [0.3, 0.4) is 0 Å². The number of amides is 1. The van der Waals surface area contributed by atoms with Crippen LogP contribution in [-0.4, -0.2) is 115 Å². The molecule has 0 atom stereocenters. The Bertz CT molecular complexity index is 1570. The molecule has 0 unspecified atom stereocenters. The lowest BCUT2D eigenvalue weighted by Gasteiger charge is -2.69. The number of rotatable bonds is 4. The van der Waals surface area contributed by atoms with Gasteiger partial charge in [-0.2, -0.15) is 0 Å². The number of fused-ring (bicyclic) bond motifs is 1. The third-order valence-electron chi connectivity index (χ3n) is 8.73. The van der Waals surface area contributed by atoms with Crippen molar-refractivity contribution in [3.05, 3.63) is 60.8 Å². The molecule has 188 valence electrons. The van der Waals surface area contributed by atoms with Crippen LogP contribution in [0.4, 0.5) is 11.8 Å². The quantitative estimate of drug-likeness (QED) is 0.274. The highest BCUT2D eigenvalue weighted by Crippen LogP contribution is 2.42. The molecule has 0 saturated carbocycles. The first-order valence-corrected chi connectivity index (χ1v) is 13.2. The maximum Gasteiger partial charge on any atom is 0.258 e. The molecule has 0 aliphatic carbocycles. The number of nitrogens with one attached hydrogen (secondary N) is 1. The zero-order valence-corrected chi connectivity index (χ0v) is 24.2. The van der Waals surface area contributed by atoms with Crippen molar-refractivity contribution in [2.45, 2.75) is 21.5 Å². The van der Waals surface area contributed by atoms with Crippen LogP contribution >= 0.6 is 0 Å². The zero-order valence-electron chi connectivity index (χ0n) is 24.2. The van der Waals surface area contributed by atoms with Crippen LogP contribution < -0.4 is 10.2 Å². The van der Waals surface area contributed by atoms with Crippen molar-refractivity contribution in [3.8, 4) is 11.3 Å². The summed E-state index contributed by atoms with van der Waals surface area (Å²) in [4.78, 5) is 33.6. The maximum absolute atomic E-state index is 13.4. The molecule has 1 saturated heterocycles. The highest BCUT2D eigenvalue weighted by molar-refractivity contribution is 6.61. The predicted octanol–water partition coefficient (Wildman–Crippen LogP) is -5.81. The first kappa shape index (κ1) is 27.2. The lowest BCUT2D eigenvalue weighted by atomic mass is 9.30. The van der Waals surface area contributed by atoms with Gasteiger partial charge in [-0.15, -0.1) is 0 Å². The zero-order chi connectivity index (χ0) is 28.4. The van der Waals surface area contributed by atoms with E-state index in [1.165, 1.54) is 0 Å². The monoisotopic (exact) mass is 511 g/mol. The molecule has 3 aromatic heterocycles. The van der Waals surface area contributed by atoms with E-state index in [9.17, 15) is 4.79 Å². The molecule has 4 aromatic rings. The van der Waals surface area contributed by atoms with E-state index in [-0.39, 0.29) is 11.9 Å². The SMILES string of the molecule is BC1(B)OC(B)(B)C(B)(B)N(c2cc(C(=O)Nc3ncc4ccc(-c5cncn5C)cc4n3)ccn2)C1(B)B.